The van der Waals surface area contributed by atoms with Crippen molar-refractivity contribution in [3.8, 4) is 11.5 Å². The number of phenols is 1. The summed E-state index contributed by atoms with van der Waals surface area (Å²) in [5, 5.41) is 11.2. The van der Waals surface area contributed by atoms with Crippen molar-refractivity contribution in [1.29, 1.82) is 0 Å². The van der Waals surface area contributed by atoms with Crippen molar-refractivity contribution in [3.63, 3.8) is 0 Å². The molecule has 5 nitrogen and oxygen atoms in total. The van der Waals surface area contributed by atoms with Crippen LogP contribution in [0.5, 0.6) is 11.5 Å². The van der Waals surface area contributed by atoms with Crippen LogP contribution >= 0.6 is 31.9 Å². The van der Waals surface area contributed by atoms with E-state index in [4.69, 9.17) is 9.47 Å². The van der Waals surface area contributed by atoms with E-state index < -0.39 is 0 Å². The summed E-state index contributed by atoms with van der Waals surface area (Å²) in [6.45, 7) is 0.248. The van der Waals surface area contributed by atoms with Gasteiger partial charge in [-0.05, 0) is 68.3 Å². The number of pyridine rings is 2. The number of aromatic hydroxyl groups is 1. The number of ether oxygens (including phenoxy) is 2. The van der Waals surface area contributed by atoms with Gasteiger partial charge in [0.2, 0.25) is 0 Å². The molecule has 0 saturated heterocycles. The van der Waals surface area contributed by atoms with Gasteiger partial charge in [0, 0.05) is 39.2 Å². The summed E-state index contributed by atoms with van der Waals surface area (Å²) >= 11 is 6.78. The predicted octanol–water partition coefficient (Wildman–Crippen LogP) is 5.68. The van der Waals surface area contributed by atoms with E-state index in [-0.39, 0.29) is 12.5 Å². The Bertz CT molecular complexity index is 1070. The van der Waals surface area contributed by atoms with E-state index in [9.17, 15) is 5.11 Å². The normalized spacial score (nSPS) is 10.5. The number of aromatic nitrogens is 2. The van der Waals surface area contributed by atoms with Crippen molar-refractivity contribution in [3.05, 3.63) is 69.9 Å². The lowest BCUT2D eigenvalue weighted by Crippen LogP contribution is -1.98. The van der Waals surface area contributed by atoms with E-state index in [0.717, 1.165) is 36.5 Å². The number of hydrogen-bond donors (Lipinski definition) is 1. The minimum absolute atomic E-state index is 0.248. The van der Waals surface area contributed by atoms with Crippen LogP contribution in [0.3, 0.4) is 0 Å². The number of phenolic OH excluding ortho intramolecular Hbond substituents is 1. The van der Waals surface area contributed by atoms with Crippen molar-refractivity contribution < 1.29 is 14.6 Å². The molecule has 138 valence electrons. The van der Waals surface area contributed by atoms with Crippen LogP contribution in [0.2, 0.25) is 0 Å². The average Bonchev–Trinajstić information content (AvgIpc) is 2.67. The van der Waals surface area contributed by atoms with Gasteiger partial charge in [0.1, 0.15) is 11.5 Å². The Morgan fingerprint density at radius 3 is 2.11 bits per heavy atom. The molecule has 2 heterocycles. The largest absolute Gasteiger partial charge is 0.508 e. The second-order valence-electron chi connectivity index (χ2n) is 5.53. The topological polar surface area (TPSA) is 64.5 Å². The van der Waals surface area contributed by atoms with Crippen molar-refractivity contribution in [2.45, 2.75) is 0 Å². The maximum Gasteiger partial charge on any atom is 0.188 e. The molecule has 0 unspecified atom stereocenters. The predicted molar refractivity (Wildman–Crippen MR) is 113 cm³/mol. The van der Waals surface area contributed by atoms with Crippen LogP contribution in [0.25, 0.3) is 21.8 Å². The zero-order valence-electron chi connectivity index (χ0n) is 14.4. The number of rotatable bonds is 3. The fraction of sp³-hybridized carbons (Fsp3) is 0.100. The first-order chi connectivity index (χ1) is 13.1. The highest BCUT2D eigenvalue weighted by atomic mass is 79.9. The summed E-state index contributed by atoms with van der Waals surface area (Å²) in [5.41, 5.74) is 1.80. The third-order valence-electron chi connectivity index (χ3n) is 3.62. The molecule has 0 aliphatic rings. The van der Waals surface area contributed by atoms with Gasteiger partial charge in [0.25, 0.3) is 0 Å². The molecule has 0 saturated carbocycles. The van der Waals surface area contributed by atoms with Gasteiger partial charge in [-0.1, -0.05) is 12.1 Å². The van der Waals surface area contributed by atoms with Crippen LogP contribution in [-0.2, 0) is 4.74 Å². The number of nitrogens with zero attached hydrogens (tertiary/aromatic N) is 2. The molecule has 0 atom stereocenters. The van der Waals surface area contributed by atoms with Crippen molar-refractivity contribution in [2.75, 3.05) is 13.9 Å². The molecule has 27 heavy (non-hydrogen) atoms. The number of benzene rings is 2. The first kappa shape index (κ1) is 19.5. The summed E-state index contributed by atoms with van der Waals surface area (Å²) in [4.78, 5) is 8.43. The van der Waals surface area contributed by atoms with E-state index in [1.807, 2.05) is 36.4 Å². The molecular weight excluding hydrogens is 476 g/mol. The standard InChI is InChI=1S/C11H10BrNO2.C9H6BrNO/c1-14-7-15-9-5-8-3-2-4-13-11(8)10(12)6-9;10-8-5-7(12)4-6-2-1-3-11-9(6)8/h2-6H,7H2,1H3;1-5,12H. The summed E-state index contributed by atoms with van der Waals surface area (Å²) in [5.74, 6) is 1.02. The highest BCUT2D eigenvalue weighted by Gasteiger charge is 2.03. The third kappa shape index (κ3) is 4.94. The highest BCUT2D eigenvalue weighted by molar-refractivity contribution is 9.11. The van der Waals surface area contributed by atoms with Gasteiger partial charge in [0.15, 0.2) is 6.79 Å². The molecule has 4 rings (SSSR count). The molecule has 1 N–H and O–H groups in total. The Kier molecular flexibility index (Phi) is 6.60. The van der Waals surface area contributed by atoms with E-state index >= 15 is 0 Å². The Hall–Kier alpha value is -2.22. The van der Waals surface area contributed by atoms with E-state index in [1.165, 1.54) is 0 Å². The quantitative estimate of drug-likeness (QED) is 0.373. The number of hydrogen-bond acceptors (Lipinski definition) is 5. The van der Waals surface area contributed by atoms with Crippen LogP contribution in [-0.4, -0.2) is 29.0 Å². The minimum atomic E-state index is 0.248. The van der Waals surface area contributed by atoms with E-state index in [0.29, 0.717) is 0 Å². The van der Waals surface area contributed by atoms with Crippen molar-refractivity contribution in [1.82, 2.24) is 9.97 Å². The molecule has 2 aromatic heterocycles. The smallest absolute Gasteiger partial charge is 0.188 e. The first-order valence-corrected chi connectivity index (χ1v) is 9.56. The summed E-state index contributed by atoms with van der Waals surface area (Å²) in [7, 11) is 1.59. The fourth-order valence-electron chi connectivity index (χ4n) is 2.47. The second-order valence-corrected chi connectivity index (χ2v) is 7.24. The van der Waals surface area contributed by atoms with Crippen molar-refractivity contribution >= 4 is 53.7 Å². The monoisotopic (exact) mass is 490 g/mol. The molecule has 0 amide bonds. The van der Waals surface area contributed by atoms with E-state index in [1.54, 1.807) is 31.6 Å². The summed E-state index contributed by atoms with van der Waals surface area (Å²) in [6, 6.07) is 14.8. The maximum atomic E-state index is 9.25. The Morgan fingerprint density at radius 1 is 0.889 bits per heavy atom. The number of fused-ring (bicyclic) bond motifs is 2. The van der Waals surface area contributed by atoms with E-state index in [2.05, 4.69) is 41.8 Å². The van der Waals surface area contributed by atoms with Gasteiger partial charge in [0.05, 0.1) is 11.0 Å². The molecule has 0 aliphatic heterocycles. The molecule has 0 fully saturated rings. The fourth-order valence-corrected chi connectivity index (χ4v) is 3.59. The van der Waals surface area contributed by atoms with Gasteiger partial charge >= 0.3 is 0 Å². The molecule has 2 aromatic carbocycles. The van der Waals surface area contributed by atoms with Crippen LogP contribution in [0, 0.1) is 0 Å². The molecule has 0 radical (unpaired) electrons. The lowest BCUT2D eigenvalue weighted by atomic mass is 10.2. The first-order valence-electron chi connectivity index (χ1n) is 7.97. The van der Waals surface area contributed by atoms with Crippen LogP contribution in [0.4, 0.5) is 0 Å². The molecule has 0 aliphatic carbocycles. The Morgan fingerprint density at radius 2 is 1.48 bits per heavy atom. The van der Waals surface area contributed by atoms with Gasteiger partial charge in [-0.15, -0.1) is 0 Å². The summed E-state index contributed by atoms with van der Waals surface area (Å²) in [6.07, 6.45) is 3.49. The molecule has 7 heteroatoms. The number of halogens is 2. The van der Waals surface area contributed by atoms with Crippen molar-refractivity contribution in [2.24, 2.45) is 0 Å². The zero-order valence-corrected chi connectivity index (χ0v) is 17.6. The third-order valence-corrected chi connectivity index (χ3v) is 4.83. The average molecular weight is 492 g/mol. The Labute approximate surface area is 173 Å². The van der Waals surface area contributed by atoms with Crippen LogP contribution < -0.4 is 4.74 Å². The minimum Gasteiger partial charge on any atom is -0.508 e. The van der Waals surface area contributed by atoms with Gasteiger partial charge in [-0.3, -0.25) is 9.97 Å². The Balaban J connectivity index is 0.000000159. The lowest BCUT2D eigenvalue weighted by Gasteiger charge is -2.06. The van der Waals surface area contributed by atoms with Crippen LogP contribution in [0.1, 0.15) is 0 Å². The van der Waals surface area contributed by atoms with Crippen LogP contribution in [0.15, 0.2) is 69.9 Å². The summed E-state index contributed by atoms with van der Waals surface area (Å²) < 4.78 is 11.9. The maximum absolute atomic E-state index is 9.25. The molecule has 4 aromatic rings. The second kappa shape index (κ2) is 9.12. The molecular formula is C20H16Br2N2O3. The van der Waals surface area contributed by atoms with Gasteiger partial charge in [-0.2, -0.15) is 0 Å². The zero-order chi connectivity index (χ0) is 19.2. The van der Waals surface area contributed by atoms with Gasteiger partial charge in [-0.25, -0.2) is 0 Å². The van der Waals surface area contributed by atoms with Gasteiger partial charge < -0.3 is 14.6 Å². The molecule has 0 spiro atoms. The molecule has 0 bridgehead atoms. The SMILES string of the molecule is COCOc1cc(Br)c2ncccc2c1.Oc1cc(Br)c2ncccc2c1. The highest BCUT2D eigenvalue weighted by Crippen LogP contribution is 2.28. The number of methoxy groups -OCH3 is 1. The lowest BCUT2D eigenvalue weighted by molar-refractivity contribution is 0.0512.